The van der Waals surface area contributed by atoms with Crippen LogP contribution < -0.4 is 0 Å². The van der Waals surface area contributed by atoms with Crippen LogP contribution in [0.3, 0.4) is 0 Å². The molecule has 5 heteroatoms. The molecule has 3 heterocycles. The van der Waals surface area contributed by atoms with E-state index in [1.54, 1.807) is 0 Å². The Balaban J connectivity index is 1.17. The number of hydrogen-bond acceptors (Lipinski definition) is 4. The molecule has 8 aromatic carbocycles. The van der Waals surface area contributed by atoms with Crippen molar-refractivity contribution in [3.05, 3.63) is 194 Å². The first-order valence-electron chi connectivity index (χ1n) is 18.8. The monoisotopic (exact) mass is 732 g/mol. The molecule has 0 saturated carbocycles. The zero-order chi connectivity index (χ0) is 37.0. The SMILES string of the molecule is c1ccc(-c2nc(-c3ccccc3)nc(-c3ccc4sc5c(-c6ccccc6)c(-n6c7ccccc7c7cccc(-c8ccccc8)c76)ccc5c4c3)n2)cc1. The summed E-state index contributed by atoms with van der Waals surface area (Å²) in [4.78, 5) is 15.0. The highest BCUT2D eigenvalue weighted by Crippen LogP contribution is 2.47. The average molecular weight is 733 g/mol. The molecule has 0 aliphatic rings. The van der Waals surface area contributed by atoms with Gasteiger partial charge in [-0.15, -0.1) is 11.3 Å². The molecule has 0 amide bonds. The lowest BCUT2D eigenvalue weighted by Crippen LogP contribution is -2.00. The van der Waals surface area contributed by atoms with Gasteiger partial charge in [-0.3, -0.25) is 0 Å². The van der Waals surface area contributed by atoms with E-state index in [-0.39, 0.29) is 0 Å². The maximum Gasteiger partial charge on any atom is 0.164 e. The summed E-state index contributed by atoms with van der Waals surface area (Å²) in [5.41, 5.74) is 11.2. The molecule has 0 aliphatic heterocycles. The van der Waals surface area contributed by atoms with Crippen molar-refractivity contribution < 1.29 is 0 Å². The maximum absolute atomic E-state index is 5.05. The Hall–Kier alpha value is -7.21. The topological polar surface area (TPSA) is 43.6 Å². The fourth-order valence-electron chi connectivity index (χ4n) is 8.10. The van der Waals surface area contributed by atoms with Crippen LogP contribution in [-0.2, 0) is 0 Å². The molecule has 56 heavy (non-hydrogen) atoms. The van der Waals surface area contributed by atoms with Crippen molar-refractivity contribution in [2.45, 2.75) is 0 Å². The molecule has 0 aliphatic carbocycles. The Bertz CT molecular complexity index is 3170. The van der Waals surface area contributed by atoms with Crippen LogP contribution in [0.2, 0.25) is 0 Å². The lowest BCUT2D eigenvalue weighted by Gasteiger charge is -2.17. The minimum absolute atomic E-state index is 0.651. The second-order valence-corrected chi connectivity index (χ2v) is 15.0. The van der Waals surface area contributed by atoms with Gasteiger partial charge in [-0.2, -0.15) is 0 Å². The Labute approximate surface area is 327 Å². The number of hydrogen-bond donors (Lipinski definition) is 0. The minimum Gasteiger partial charge on any atom is -0.308 e. The lowest BCUT2D eigenvalue weighted by atomic mass is 9.99. The third-order valence-electron chi connectivity index (χ3n) is 10.7. The molecular formula is C51H32N4S. The van der Waals surface area contributed by atoms with Gasteiger partial charge in [0.1, 0.15) is 0 Å². The van der Waals surface area contributed by atoms with Gasteiger partial charge in [0.2, 0.25) is 0 Å². The van der Waals surface area contributed by atoms with E-state index >= 15 is 0 Å². The van der Waals surface area contributed by atoms with E-state index in [4.69, 9.17) is 15.0 Å². The molecule has 0 fully saturated rings. The minimum atomic E-state index is 0.651. The van der Waals surface area contributed by atoms with Crippen LogP contribution in [-0.4, -0.2) is 19.5 Å². The highest BCUT2D eigenvalue weighted by atomic mass is 32.1. The summed E-state index contributed by atoms with van der Waals surface area (Å²) >= 11 is 1.84. The molecule has 11 rings (SSSR count). The summed E-state index contributed by atoms with van der Waals surface area (Å²) in [6, 6.07) is 68.6. The summed E-state index contributed by atoms with van der Waals surface area (Å²) in [5.74, 6) is 1.96. The second-order valence-electron chi connectivity index (χ2n) is 14.0. The number of para-hydroxylation sites is 2. The number of benzene rings is 8. The maximum atomic E-state index is 5.05. The number of aromatic nitrogens is 4. The molecule has 11 aromatic rings. The van der Waals surface area contributed by atoms with Crippen LogP contribution in [0.15, 0.2) is 194 Å². The molecule has 262 valence electrons. The molecule has 0 N–H and O–H groups in total. The molecule has 4 nitrogen and oxygen atoms in total. The van der Waals surface area contributed by atoms with E-state index in [2.05, 4.69) is 138 Å². The molecule has 0 radical (unpaired) electrons. The largest absolute Gasteiger partial charge is 0.308 e. The van der Waals surface area contributed by atoms with Gasteiger partial charge in [0.15, 0.2) is 17.5 Å². The summed E-state index contributed by atoms with van der Waals surface area (Å²) < 4.78 is 4.95. The molecule has 0 unspecified atom stereocenters. The number of fused-ring (bicyclic) bond motifs is 6. The normalized spacial score (nSPS) is 11.6. The van der Waals surface area contributed by atoms with Crippen LogP contribution in [0.4, 0.5) is 0 Å². The van der Waals surface area contributed by atoms with Gasteiger partial charge in [0.25, 0.3) is 0 Å². The standard InChI is InChI=1S/C51H32N4S/c1-5-16-33(17-6-1)38-25-15-26-40-39-24-13-14-27-43(39)55(47(38)40)44-30-29-41-42-32-37(28-31-45(42)56-48(41)46(44)34-18-7-2-8-19-34)51-53-49(35-20-9-3-10-21-35)52-50(54-51)36-22-11-4-12-23-36/h1-32H. The third kappa shape index (κ3) is 5.32. The first-order chi connectivity index (χ1) is 27.8. The van der Waals surface area contributed by atoms with Crippen molar-refractivity contribution in [1.82, 2.24) is 19.5 Å². The van der Waals surface area contributed by atoms with Crippen molar-refractivity contribution in [1.29, 1.82) is 0 Å². The fraction of sp³-hybridized carbons (Fsp3) is 0. The Morgan fingerprint density at radius 2 is 0.929 bits per heavy atom. The molecule has 0 atom stereocenters. The molecule has 3 aromatic heterocycles. The van der Waals surface area contributed by atoms with Gasteiger partial charge in [0.05, 0.1) is 16.7 Å². The van der Waals surface area contributed by atoms with Gasteiger partial charge in [0, 0.05) is 58.8 Å². The average Bonchev–Trinajstić information content (AvgIpc) is 3.82. The van der Waals surface area contributed by atoms with E-state index in [0.29, 0.717) is 17.5 Å². The Morgan fingerprint density at radius 3 is 1.59 bits per heavy atom. The number of thiophene rings is 1. The zero-order valence-electron chi connectivity index (χ0n) is 30.2. The molecule has 0 bridgehead atoms. The van der Waals surface area contributed by atoms with Crippen LogP contribution in [0.1, 0.15) is 0 Å². The van der Waals surface area contributed by atoms with Crippen molar-refractivity contribution in [3.63, 3.8) is 0 Å². The van der Waals surface area contributed by atoms with Crippen molar-refractivity contribution in [2.75, 3.05) is 0 Å². The summed E-state index contributed by atoms with van der Waals surface area (Å²) in [6.45, 7) is 0. The smallest absolute Gasteiger partial charge is 0.164 e. The number of nitrogens with zero attached hydrogens (tertiary/aromatic N) is 4. The fourth-order valence-corrected chi connectivity index (χ4v) is 9.34. The van der Waals surface area contributed by atoms with Crippen molar-refractivity contribution >= 4 is 53.3 Å². The highest BCUT2D eigenvalue weighted by molar-refractivity contribution is 7.26. The third-order valence-corrected chi connectivity index (χ3v) is 11.9. The van der Waals surface area contributed by atoms with E-state index in [1.165, 1.54) is 64.2 Å². The van der Waals surface area contributed by atoms with Gasteiger partial charge in [-0.1, -0.05) is 164 Å². The van der Waals surface area contributed by atoms with Gasteiger partial charge in [-0.25, -0.2) is 15.0 Å². The zero-order valence-corrected chi connectivity index (χ0v) is 31.0. The predicted molar refractivity (Wildman–Crippen MR) is 234 cm³/mol. The quantitative estimate of drug-likeness (QED) is 0.171. The predicted octanol–water partition coefficient (Wildman–Crippen LogP) is 13.7. The van der Waals surface area contributed by atoms with Crippen LogP contribution in [0, 0.1) is 0 Å². The van der Waals surface area contributed by atoms with Gasteiger partial charge >= 0.3 is 0 Å². The van der Waals surface area contributed by atoms with Gasteiger partial charge in [-0.05, 0) is 41.5 Å². The number of rotatable bonds is 6. The van der Waals surface area contributed by atoms with E-state index < -0.39 is 0 Å². The van der Waals surface area contributed by atoms with Gasteiger partial charge < -0.3 is 4.57 Å². The van der Waals surface area contributed by atoms with Crippen molar-refractivity contribution in [3.8, 4) is 62.1 Å². The Morgan fingerprint density at radius 1 is 0.375 bits per heavy atom. The summed E-state index contributed by atoms with van der Waals surface area (Å²) in [5, 5.41) is 4.87. The highest BCUT2D eigenvalue weighted by Gasteiger charge is 2.22. The summed E-state index contributed by atoms with van der Waals surface area (Å²) in [6.07, 6.45) is 0. The van der Waals surface area contributed by atoms with E-state index in [0.717, 1.165) is 22.4 Å². The van der Waals surface area contributed by atoms with Crippen molar-refractivity contribution in [2.24, 2.45) is 0 Å². The first-order valence-corrected chi connectivity index (χ1v) is 19.6. The summed E-state index contributed by atoms with van der Waals surface area (Å²) in [7, 11) is 0. The lowest BCUT2D eigenvalue weighted by molar-refractivity contribution is 1.07. The van der Waals surface area contributed by atoms with Crippen LogP contribution in [0.5, 0.6) is 0 Å². The van der Waals surface area contributed by atoms with Crippen LogP contribution >= 0.6 is 11.3 Å². The van der Waals surface area contributed by atoms with E-state index in [9.17, 15) is 0 Å². The van der Waals surface area contributed by atoms with E-state index in [1.807, 2.05) is 72.0 Å². The molecule has 0 saturated heterocycles. The first kappa shape index (κ1) is 32.2. The second kappa shape index (κ2) is 13.3. The Kier molecular flexibility index (Phi) is 7.64. The van der Waals surface area contributed by atoms with Crippen LogP contribution in [0.25, 0.3) is 104 Å². The molecule has 0 spiro atoms. The molecular weight excluding hydrogens is 701 g/mol.